The van der Waals surface area contributed by atoms with Crippen LogP contribution in [0.15, 0.2) is 18.2 Å². The van der Waals surface area contributed by atoms with Crippen LogP contribution in [0.4, 0.5) is 13.2 Å². The predicted octanol–water partition coefficient (Wildman–Crippen LogP) is 1.06. The lowest BCUT2D eigenvalue weighted by molar-refractivity contribution is -0.201. The summed E-state index contributed by atoms with van der Waals surface area (Å²) in [5.74, 6) is -3.14. The molecule has 1 fully saturated rings. The largest absolute Gasteiger partial charge is 0.402 e. The van der Waals surface area contributed by atoms with Crippen molar-refractivity contribution >= 4 is 5.91 Å². The van der Waals surface area contributed by atoms with E-state index in [-0.39, 0.29) is 13.1 Å². The summed E-state index contributed by atoms with van der Waals surface area (Å²) < 4.78 is 39.6. The molecule has 2 aliphatic rings. The van der Waals surface area contributed by atoms with Crippen molar-refractivity contribution in [3.8, 4) is 6.07 Å². The molecule has 0 radical (unpaired) electrons. The second-order valence-electron chi connectivity index (χ2n) is 5.42. The minimum atomic E-state index is -4.61. The summed E-state index contributed by atoms with van der Waals surface area (Å²) in [7, 11) is 0. The highest BCUT2D eigenvalue weighted by Crippen LogP contribution is 2.36. The number of nitriles is 1. The molecule has 0 spiro atoms. The Balaban J connectivity index is 1.89. The molecular formula is C14H13F3N4O. The molecule has 2 unspecified atom stereocenters. The topological polar surface area (TPSA) is 68.2 Å². The van der Waals surface area contributed by atoms with E-state index in [2.05, 4.69) is 11.5 Å². The maximum absolute atomic E-state index is 13.2. The first-order valence-electron chi connectivity index (χ1n) is 6.76. The van der Waals surface area contributed by atoms with Crippen molar-refractivity contribution in [3.63, 3.8) is 0 Å². The van der Waals surface area contributed by atoms with Crippen molar-refractivity contribution in [2.45, 2.75) is 25.3 Å². The van der Waals surface area contributed by atoms with Crippen LogP contribution in [0.3, 0.4) is 0 Å². The lowest BCUT2D eigenvalue weighted by atomic mass is 9.95. The van der Waals surface area contributed by atoms with Gasteiger partial charge in [-0.1, -0.05) is 12.1 Å². The molecule has 0 aliphatic carbocycles. The van der Waals surface area contributed by atoms with Crippen molar-refractivity contribution in [2.24, 2.45) is 5.92 Å². The Morgan fingerprint density at radius 3 is 2.77 bits per heavy atom. The smallest absolute Gasteiger partial charge is 0.291 e. The fraction of sp³-hybridized carbons (Fsp3) is 0.429. The highest BCUT2D eigenvalue weighted by atomic mass is 19.4. The fourth-order valence-electron chi connectivity index (χ4n) is 3.11. The fourth-order valence-corrected chi connectivity index (χ4v) is 3.11. The van der Waals surface area contributed by atoms with E-state index in [9.17, 15) is 18.0 Å². The number of carbonyl (C=O) groups is 1. The molecule has 116 valence electrons. The first kappa shape index (κ1) is 14.8. The molecule has 0 aromatic heterocycles. The lowest BCUT2D eigenvalue weighted by Gasteiger charge is -2.38. The summed E-state index contributed by atoms with van der Waals surface area (Å²) in [6.07, 6.45) is -4.61. The summed E-state index contributed by atoms with van der Waals surface area (Å²) in [5.41, 5.74) is 6.62. The Bertz CT molecular complexity index is 652. The van der Waals surface area contributed by atoms with Gasteiger partial charge in [-0.2, -0.15) is 18.4 Å². The number of carbonyl (C=O) groups excluding carboxylic acids is 1. The molecule has 0 bridgehead atoms. The van der Waals surface area contributed by atoms with E-state index in [1.54, 1.807) is 23.1 Å². The van der Waals surface area contributed by atoms with Crippen LogP contribution in [-0.4, -0.2) is 29.6 Å². The van der Waals surface area contributed by atoms with Crippen molar-refractivity contribution in [2.75, 3.05) is 6.54 Å². The van der Waals surface area contributed by atoms with Gasteiger partial charge in [-0.3, -0.25) is 15.1 Å². The number of hydrazine groups is 1. The average molecular weight is 310 g/mol. The van der Waals surface area contributed by atoms with Gasteiger partial charge in [-0.25, -0.2) is 5.43 Å². The Morgan fingerprint density at radius 1 is 1.32 bits per heavy atom. The first-order chi connectivity index (χ1) is 10.4. The zero-order valence-corrected chi connectivity index (χ0v) is 11.4. The summed E-state index contributed by atoms with van der Waals surface area (Å²) in [6.45, 7) is 0.550. The zero-order chi connectivity index (χ0) is 15.9. The van der Waals surface area contributed by atoms with Crippen LogP contribution in [-0.2, 0) is 17.9 Å². The minimum Gasteiger partial charge on any atom is -0.291 e. The van der Waals surface area contributed by atoms with E-state index in [0.29, 0.717) is 12.1 Å². The molecule has 2 atom stereocenters. The van der Waals surface area contributed by atoms with Crippen molar-refractivity contribution in [1.29, 1.82) is 5.26 Å². The lowest BCUT2D eigenvalue weighted by Crippen LogP contribution is -2.63. The SMILES string of the molecule is N#Cc1cccc2c1CN(C1CNNC(=O)C1C(F)(F)F)C2. The van der Waals surface area contributed by atoms with Crippen LogP contribution in [0.1, 0.15) is 16.7 Å². The Labute approximate surface area is 124 Å². The van der Waals surface area contributed by atoms with Crippen molar-refractivity contribution < 1.29 is 18.0 Å². The Morgan fingerprint density at radius 2 is 2.09 bits per heavy atom. The third-order valence-corrected chi connectivity index (χ3v) is 4.14. The average Bonchev–Trinajstić information content (AvgIpc) is 2.89. The van der Waals surface area contributed by atoms with E-state index in [1.807, 2.05) is 5.43 Å². The van der Waals surface area contributed by atoms with Gasteiger partial charge in [0, 0.05) is 25.7 Å². The maximum atomic E-state index is 13.2. The number of alkyl halides is 3. The van der Waals surface area contributed by atoms with E-state index in [0.717, 1.165) is 11.1 Å². The Kier molecular flexibility index (Phi) is 3.54. The number of hydrogen-bond donors (Lipinski definition) is 2. The van der Waals surface area contributed by atoms with E-state index in [4.69, 9.17) is 5.26 Å². The number of rotatable bonds is 1. The molecule has 3 rings (SSSR count). The first-order valence-corrected chi connectivity index (χ1v) is 6.76. The second-order valence-corrected chi connectivity index (χ2v) is 5.42. The van der Waals surface area contributed by atoms with Crippen LogP contribution in [0, 0.1) is 17.2 Å². The van der Waals surface area contributed by atoms with Crippen molar-refractivity contribution in [1.82, 2.24) is 15.8 Å². The number of halogens is 3. The molecule has 5 nitrogen and oxygen atoms in total. The molecule has 22 heavy (non-hydrogen) atoms. The molecule has 2 N–H and O–H groups in total. The molecular weight excluding hydrogens is 297 g/mol. The van der Waals surface area contributed by atoms with E-state index in [1.165, 1.54) is 0 Å². The van der Waals surface area contributed by atoms with Gasteiger partial charge < -0.3 is 0 Å². The number of amides is 1. The summed E-state index contributed by atoms with van der Waals surface area (Å²) in [5, 5.41) is 9.10. The predicted molar refractivity (Wildman–Crippen MR) is 69.9 cm³/mol. The highest BCUT2D eigenvalue weighted by molar-refractivity contribution is 5.80. The van der Waals surface area contributed by atoms with Crippen LogP contribution in [0.25, 0.3) is 0 Å². The van der Waals surface area contributed by atoms with Crippen LogP contribution >= 0.6 is 0 Å². The van der Waals surface area contributed by atoms with Gasteiger partial charge in [0.15, 0.2) is 5.92 Å². The number of hydrogen-bond acceptors (Lipinski definition) is 4. The van der Waals surface area contributed by atoms with E-state index < -0.39 is 24.0 Å². The molecule has 0 saturated carbocycles. The number of fused-ring (bicyclic) bond motifs is 1. The molecule has 2 heterocycles. The van der Waals surface area contributed by atoms with E-state index >= 15 is 0 Å². The summed E-state index contributed by atoms with van der Waals surface area (Å²) in [4.78, 5) is 13.2. The van der Waals surface area contributed by atoms with Crippen LogP contribution < -0.4 is 10.9 Å². The molecule has 1 amide bonds. The molecule has 2 aliphatic heterocycles. The van der Waals surface area contributed by atoms with Gasteiger partial charge >= 0.3 is 6.18 Å². The minimum absolute atomic E-state index is 0.00575. The molecule has 1 aromatic carbocycles. The van der Waals surface area contributed by atoms with Crippen LogP contribution in [0.5, 0.6) is 0 Å². The van der Waals surface area contributed by atoms with Gasteiger partial charge in [0.25, 0.3) is 0 Å². The Hall–Kier alpha value is -2.11. The van der Waals surface area contributed by atoms with Gasteiger partial charge in [-0.05, 0) is 17.2 Å². The third-order valence-electron chi connectivity index (χ3n) is 4.14. The van der Waals surface area contributed by atoms with Gasteiger partial charge in [-0.15, -0.1) is 0 Å². The van der Waals surface area contributed by atoms with Crippen molar-refractivity contribution in [3.05, 3.63) is 34.9 Å². The van der Waals surface area contributed by atoms with Gasteiger partial charge in [0.2, 0.25) is 5.91 Å². The maximum Gasteiger partial charge on any atom is 0.402 e. The number of nitrogens with one attached hydrogen (secondary N) is 2. The molecule has 1 saturated heterocycles. The normalized spacial score (nSPS) is 25.5. The summed E-state index contributed by atoms with van der Waals surface area (Å²) >= 11 is 0. The number of nitrogens with zero attached hydrogens (tertiary/aromatic N) is 2. The second kappa shape index (κ2) is 5.26. The highest BCUT2D eigenvalue weighted by Gasteiger charge is 2.53. The standard InChI is InChI=1S/C14H13F3N4O/c15-14(16,17)12-11(5-19-20-13(12)22)21-6-9-3-1-2-8(4-18)10(9)7-21/h1-3,11-12,19H,5-7H2,(H,20,22). The monoisotopic (exact) mass is 310 g/mol. The molecule has 1 aromatic rings. The number of benzene rings is 1. The van der Waals surface area contributed by atoms with Gasteiger partial charge in [0.05, 0.1) is 11.6 Å². The molecule has 8 heteroatoms. The summed E-state index contributed by atoms with van der Waals surface area (Å²) in [6, 6.07) is 6.23. The quantitative estimate of drug-likeness (QED) is 0.814. The zero-order valence-electron chi connectivity index (χ0n) is 11.4. The van der Waals surface area contributed by atoms with Crippen LogP contribution in [0.2, 0.25) is 0 Å². The van der Waals surface area contributed by atoms with Gasteiger partial charge in [0.1, 0.15) is 0 Å². The third kappa shape index (κ3) is 2.42.